The summed E-state index contributed by atoms with van der Waals surface area (Å²) >= 11 is 0. The Hall–Kier alpha value is -1.28. The largest absolute Gasteiger partial charge is 0.399 e. The maximum atomic E-state index is 12.1. The lowest BCUT2D eigenvalue weighted by molar-refractivity contribution is 0.587. The first-order chi connectivity index (χ1) is 8.70. The highest BCUT2D eigenvalue weighted by Gasteiger charge is 2.37. The molecule has 1 heterocycles. The standard InChI is InChI=1S/C11H16N2O4S2/c1-8-6-9(2-3-11(8)12)13-19(16,17)10-4-5-18(14,15)7-10/h2-3,6,10,13H,4-5,7,12H2,1H3. The molecule has 106 valence electrons. The molecule has 3 N–H and O–H groups in total. The SMILES string of the molecule is Cc1cc(NS(=O)(=O)C2CCS(=O)(=O)C2)ccc1N. The van der Waals surface area contributed by atoms with Crippen LogP contribution < -0.4 is 10.5 Å². The summed E-state index contributed by atoms with van der Waals surface area (Å²) in [6.07, 6.45) is 0.144. The van der Waals surface area contributed by atoms with Crippen LogP contribution in [0.3, 0.4) is 0 Å². The van der Waals surface area contributed by atoms with Crippen LogP contribution in [-0.4, -0.2) is 33.6 Å². The fourth-order valence-corrected chi connectivity index (χ4v) is 6.07. The number of nitrogen functional groups attached to an aromatic ring is 1. The van der Waals surface area contributed by atoms with Gasteiger partial charge in [0.05, 0.1) is 16.8 Å². The second kappa shape index (κ2) is 4.68. The molecule has 1 aliphatic heterocycles. The van der Waals surface area contributed by atoms with E-state index in [4.69, 9.17) is 5.73 Å². The minimum atomic E-state index is -3.68. The third-order valence-electron chi connectivity index (χ3n) is 3.16. The summed E-state index contributed by atoms with van der Waals surface area (Å²) in [7, 11) is -6.91. The third-order valence-corrected chi connectivity index (χ3v) is 6.94. The number of rotatable bonds is 3. The van der Waals surface area contributed by atoms with Crippen LogP contribution in [0.25, 0.3) is 0 Å². The molecule has 1 unspecified atom stereocenters. The van der Waals surface area contributed by atoms with Gasteiger partial charge >= 0.3 is 0 Å². The lowest BCUT2D eigenvalue weighted by Crippen LogP contribution is -2.28. The molecule has 0 amide bonds. The Balaban J connectivity index is 2.20. The van der Waals surface area contributed by atoms with Gasteiger partial charge in [0.2, 0.25) is 10.0 Å². The first-order valence-electron chi connectivity index (χ1n) is 5.78. The van der Waals surface area contributed by atoms with Gasteiger partial charge in [0, 0.05) is 11.4 Å². The smallest absolute Gasteiger partial charge is 0.236 e. The molecule has 1 aliphatic rings. The van der Waals surface area contributed by atoms with Crippen molar-refractivity contribution in [1.29, 1.82) is 0 Å². The maximum Gasteiger partial charge on any atom is 0.236 e. The van der Waals surface area contributed by atoms with E-state index in [1.165, 1.54) is 0 Å². The van der Waals surface area contributed by atoms with E-state index in [1.54, 1.807) is 25.1 Å². The molecule has 0 spiro atoms. The Bertz CT molecular complexity index is 695. The molecule has 1 atom stereocenters. The summed E-state index contributed by atoms with van der Waals surface area (Å²) in [6, 6.07) is 4.79. The Morgan fingerprint density at radius 3 is 2.58 bits per heavy atom. The number of benzene rings is 1. The Labute approximate surface area is 113 Å². The van der Waals surface area contributed by atoms with E-state index in [1.807, 2.05) is 0 Å². The van der Waals surface area contributed by atoms with E-state index in [9.17, 15) is 16.8 Å². The van der Waals surface area contributed by atoms with Gasteiger partial charge in [0.15, 0.2) is 9.84 Å². The van der Waals surface area contributed by atoms with Gasteiger partial charge in [-0.25, -0.2) is 16.8 Å². The fourth-order valence-electron chi connectivity index (χ4n) is 1.99. The molecule has 0 bridgehead atoms. The van der Waals surface area contributed by atoms with E-state index in [-0.39, 0.29) is 17.9 Å². The summed E-state index contributed by atoms with van der Waals surface area (Å²) in [6.45, 7) is 1.77. The number of nitrogens with one attached hydrogen (secondary N) is 1. The van der Waals surface area contributed by atoms with Crippen LogP contribution in [0.2, 0.25) is 0 Å². The highest BCUT2D eigenvalue weighted by Crippen LogP contribution is 2.23. The number of nitrogens with two attached hydrogens (primary N) is 1. The highest BCUT2D eigenvalue weighted by atomic mass is 32.2. The van der Waals surface area contributed by atoms with Gasteiger partial charge in [0.1, 0.15) is 0 Å². The van der Waals surface area contributed by atoms with Crippen LogP contribution in [0.15, 0.2) is 18.2 Å². The Morgan fingerprint density at radius 1 is 1.37 bits per heavy atom. The van der Waals surface area contributed by atoms with Gasteiger partial charge in [-0.3, -0.25) is 4.72 Å². The maximum absolute atomic E-state index is 12.1. The number of sulfone groups is 1. The first-order valence-corrected chi connectivity index (χ1v) is 9.14. The van der Waals surface area contributed by atoms with Crippen molar-refractivity contribution in [3.05, 3.63) is 23.8 Å². The highest BCUT2D eigenvalue weighted by molar-refractivity contribution is 7.97. The monoisotopic (exact) mass is 304 g/mol. The van der Waals surface area contributed by atoms with Crippen molar-refractivity contribution in [2.24, 2.45) is 0 Å². The van der Waals surface area contributed by atoms with E-state index in [2.05, 4.69) is 4.72 Å². The molecular formula is C11H16N2O4S2. The molecule has 0 radical (unpaired) electrons. The number of aryl methyl sites for hydroxylation is 1. The van der Waals surface area contributed by atoms with Gasteiger partial charge in [-0.2, -0.15) is 0 Å². The second-order valence-corrected chi connectivity index (χ2v) is 8.93. The zero-order valence-corrected chi connectivity index (χ0v) is 12.1. The predicted molar refractivity (Wildman–Crippen MR) is 75.2 cm³/mol. The molecule has 1 aromatic carbocycles. The van der Waals surface area contributed by atoms with Crippen molar-refractivity contribution in [2.45, 2.75) is 18.6 Å². The van der Waals surface area contributed by atoms with E-state index in [0.29, 0.717) is 11.4 Å². The molecule has 19 heavy (non-hydrogen) atoms. The van der Waals surface area contributed by atoms with Crippen LogP contribution in [0, 0.1) is 6.92 Å². The molecule has 1 saturated heterocycles. The van der Waals surface area contributed by atoms with Crippen LogP contribution in [0.5, 0.6) is 0 Å². The van der Waals surface area contributed by atoms with Crippen molar-refractivity contribution in [2.75, 3.05) is 22.0 Å². The third kappa shape index (κ3) is 3.19. The number of hydrogen-bond donors (Lipinski definition) is 2. The zero-order valence-electron chi connectivity index (χ0n) is 10.5. The molecule has 0 saturated carbocycles. The van der Waals surface area contributed by atoms with Gasteiger partial charge in [-0.05, 0) is 37.1 Å². The minimum Gasteiger partial charge on any atom is -0.399 e. The molecule has 0 aromatic heterocycles. The topological polar surface area (TPSA) is 106 Å². The lowest BCUT2D eigenvalue weighted by atomic mass is 10.2. The first kappa shape index (κ1) is 14.1. The summed E-state index contributed by atoms with van der Waals surface area (Å²) < 4.78 is 49.2. The van der Waals surface area contributed by atoms with Crippen molar-refractivity contribution in [3.8, 4) is 0 Å². The summed E-state index contributed by atoms with van der Waals surface area (Å²) in [5.74, 6) is -0.379. The van der Waals surface area contributed by atoms with Crippen molar-refractivity contribution in [3.63, 3.8) is 0 Å². The molecular weight excluding hydrogens is 288 g/mol. The predicted octanol–water partition coefficient (Wildman–Crippen LogP) is 0.506. The normalized spacial score (nSPS) is 22.3. The minimum absolute atomic E-state index is 0.0701. The van der Waals surface area contributed by atoms with E-state index >= 15 is 0 Å². The molecule has 1 aromatic rings. The van der Waals surface area contributed by atoms with Crippen molar-refractivity contribution in [1.82, 2.24) is 0 Å². The van der Waals surface area contributed by atoms with Crippen LogP contribution in [-0.2, 0) is 19.9 Å². The quantitative estimate of drug-likeness (QED) is 0.791. The Morgan fingerprint density at radius 2 is 2.05 bits per heavy atom. The number of anilines is 2. The van der Waals surface area contributed by atoms with Gasteiger partial charge in [-0.15, -0.1) is 0 Å². The van der Waals surface area contributed by atoms with Crippen molar-refractivity contribution < 1.29 is 16.8 Å². The number of sulfonamides is 1. The van der Waals surface area contributed by atoms with E-state index < -0.39 is 25.1 Å². The summed E-state index contributed by atoms with van der Waals surface area (Å²) in [4.78, 5) is 0. The summed E-state index contributed by atoms with van der Waals surface area (Å²) in [5, 5.41) is -0.879. The van der Waals surface area contributed by atoms with Crippen LogP contribution in [0.1, 0.15) is 12.0 Å². The van der Waals surface area contributed by atoms with Crippen molar-refractivity contribution >= 4 is 31.2 Å². The molecule has 6 nitrogen and oxygen atoms in total. The van der Waals surface area contributed by atoms with Crippen LogP contribution in [0.4, 0.5) is 11.4 Å². The van der Waals surface area contributed by atoms with Crippen LogP contribution >= 0.6 is 0 Å². The molecule has 2 rings (SSSR count). The fraction of sp³-hybridized carbons (Fsp3) is 0.455. The molecule has 0 aliphatic carbocycles. The summed E-state index contributed by atoms with van der Waals surface area (Å²) in [5.41, 5.74) is 7.39. The number of hydrogen-bond acceptors (Lipinski definition) is 5. The average Bonchev–Trinajstić information content (AvgIpc) is 2.65. The Kier molecular flexibility index (Phi) is 3.48. The average molecular weight is 304 g/mol. The van der Waals surface area contributed by atoms with Gasteiger partial charge in [-0.1, -0.05) is 0 Å². The lowest BCUT2D eigenvalue weighted by Gasteiger charge is -2.13. The second-order valence-electron chi connectivity index (χ2n) is 4.74. The van der Waals surface area contributed by atoms with Gasteiger partial charge < -0.3 is 5.73 Å². The van der Waals surface area contributed by atoms with E-state index in [0.717, 1.165) is 5.56 Å². The molecule has 8 heteroatoms. The van der Waals surface area contributed by atoms with Gasteiger partial charge in [0.25, 0.3) is 0 Å². The zero-order chi connectivity index (χ0) is 14.3. The molecule has 1 fully saturated rings.